The molecule has 0 bridgehead atoms. The molecular formula is C17H25N3O3. The van der Waals surface area contributed by atoms with E-state index in [0.29, 0.717) is 5.56 Å². The van der Waals surface area contributed by atoms with Crippen molar-refractivity contribution in [2.24, 2.45) is 5.92 Å². The van der Waals surface area contributed by atoms with E-state index in [9.17, 15) is 14.7 Å². The van der Waals surface area contributed by atoms with Gasteiger partial charge in [0.2, 0.25) is 5.91 Å². The van der Waals surface area contributed by atoms with Crippen molar-refractivity contribution in [3.05, 3.63) is 30.1 Å². The topological polar surface area (TPSA) is 91.3 Å². The number of carbonyl (C=O) groups is 2. The van der Waals surface area contributed by atoms with Crippen molar-refractivity contribution in [2.45, 2.75) is 44.6 Å². The molecule has 6 nitrogen and oxygen atoms in total. The van der Waals surface area contributed by atoms with E-state index < -0.39 is 5.60 Å². The molecule has 1 aliphatic rings. The van der Waals surface area contributed by atoms with Gasteiger partial charge in [-0.25, -0.2) is 0 Å². The SMILES string of the molecule is C[C@](O)(CNC(=O)CNC(=O)c1cccnc1)C1CCCCC1. The van der Waals surface area contributed by atoms with Gasteiger partial charge in [-0.1, -0.05) is 19.3 Å². The van der Waals surface area contributed by atoms with Crippen LogP contribution >= 0.6 is 0 Å². The van der Waals surface area contributed by atoms with E-state index in [4.69, 9.17) is 0 Å². The van der Waals surface area contributed by atoms with Crippen LogP contribution in [0.5, 0.6) is 0 Å². The monoisotopic (exact) mass is 319 g/mol. The Labute approximate surface area is 136 Å². The van der Waals surface area contributed by atoms with Crippen molar-refractivity contribution < 1.29 is 14.7 Å². The summed E-state index contributed by atoms with van der Waals surface area (Å²) in [5.41, 5.74) is -0.488. The molecule has 0 aliphatic heterocycles. The van der Waals surface area contributed by atoms with E-state index >= 15 is 0 Å². The van der Waals surface area contributed by atoms with Crippen molar-refractivity contribution in [1.82, 2.24) is 15.6 Å². The minimum absolute atomic E-state index is 0.117. The van der Waals surface area contributed by atoms with Crippen molar-refractivity contribution >= 4 is 11.8 Å². The number of carbonyl (C=O) groups excluding carboxylic acids is 2. The van der Waals surface area contributed by atoms with Crippen LogP contribution in [-0.2, 0) is 4.79 Å². The highest BCUT2D eigenvalue weighted by atomic mass is 16.3. The molecule has 6 heteroatoms. The first kappa shape index (κ1) is 17.4. The second kappa shape index (κ2) is 8.06. The smallest absolute Gasteiger partial charge is 0.253 e. The number of amides is 2. The summed E-state index contributed by atoms with van der Waals surface area (Å²) < 4.78 is 0. The fourth-order valence-corrected chi connectivity index (χ4v) is 2.97. The van der Waals surface area contributed by atoms with E-state index in [1.54, 1.807) is 25.3 Å². The Hall–Kier alpha value is -1.95. The molecule has 126 valence electrons. The first-order valence-corrected chi connectivity index (χ1v) is 8.16. The summed E-state index contributed by atoms with van der Waals surface area (Å²) in [4.78, 5) is 27.5. The van der Waals surface area contributed by atoms with Gasteiger partial charge in [0, 0.05) is 18.9 Å². The molecule has 3 N–H and O–H groups in total. The molecule has 2 amide bonds. The van der Waals surface area contributed by atoms with Gasteiger partial charge in [-0.2, -0.15) is 0 Å². The van der Waals surface area contributed by atoms with E-state index in [0.717, 1.165) is 25.7 Å². The van der Waals surface area contributed by atoms with Crippen molar-refractivity contribution in [3.63, 3.8) is 0 Å². The quantitative estimate of drug-likeness (QED) is 0.736. The highest BCUT2D eigenvalue weighted by molar-refractivity contribution is 5.96. The normalized spacial score (nSPS) is 18.0. The van der Waals surface area contributed by atoms with Crippen LogP contribution in [-0.4, -0.2) is 40.6 Å². The van der Waals surface area contributed by atoms with Crippen molar-refractivity contribution in [2.75, 3.05) is 13.1 Å². The van der Waals surface area contributed by atoms with Crippen LogP contribution < -0.4 is 10.6 Å². The third-order valence-electron chi connectivity index (χ3n) is 4.46. The molecule has 1 heterocycles. The fourth-order valence-electron chi connectivity index (χ4n) is 2.97. The first-order chi connectivity index (χ1) is 11.0. The lowest BCUT2D eigenvalue weighted by Gasteiger charge is -2.35. The van der Waals surface area contributed by atoms with Gasteiger partial charge in [0.1, 0.15) is 0 Å². The number of aliphatic hydroxyl groups is 1. The molecule has 2 rings (SSSR count). The number of nitrogens with zero attached hydrogens (tertiary/aromatic N) is 1. The lowest BCUT2D eigenvalue weighted by atomic mass is 9.78. The van der Waals surface area contributed by atoms with E-state index in [2.05, 4.69) is 15.6 Å². The second-order valence-electron chi connectivity index (χ2n) is 6.39. The maximum atomic E-state index is 11.9. The minimum atomic E-state index is -0.899. The van der Waals surface area contributed by atoms with Crippen LogP contribution in [0.15, 0.2) is 24.5 Å². The fraction of sp³-hybridized carbons (Fsp3) is 0.588. The molecule has 0 saturated heterocycles. The Morgan fingerprint density at radius 1 is 1.30 bits per heavy atom. The second-order valence-corrected chi connectivity index (χ2v) is 6.39. The van der Waals surface area contributed by atoms with Gasteiger partial charge in [-0.05, 0) is 37.8 Å². The van der Waals surface area contributed by atoms with E-state index in [1.165, 1.54) is 12.6 Å². The molecule has 0 radical (unpaired) electrons. The molecule has 0 aromatic carbocycles. The molecule has 23 heavy (non-hydrogen) atoms. The molecule has 0 unspecified atom stereocenters. The van der Waals surface area contributed by atoms with Crippen molar-refractivity contribution in [1.29, 1.82) is 0 Å². The third-order valence-corrected chi connectivity index (χ3v) is 4.46. The Morgan fingerprint density at radius 3 is 2.70 bits per heavy atom. The number of aromatic nitrogens is 1. The number of hydrogen-bond acceptors (Lipinski definition) is 4. The first-order valence-electron chi connectivity index (χ1n) is 8.16. The predicted octanol–water partition coefficient (Wildman–Crippen LogP) is 1.26. The Kier molecular flexibility index (Phi) is 6.10. The lowest BCUT2D eigenvalue weighted by Crippen LogP contribution is -2.48. The van der Waals surface area contributed by atoms with Gasteiger partial charge in [0.25, 0.3) is 5.91 Å². The van der Waals surface area contributed by atoms with Gasteiger partial charge in [0.05, 0.1) is 17.7 Å². The number of rotatable bonds is 6. The summed E-state index contributed by atoms with van der Waals surface area (Å²) in [6.45, 7) is 1.87. The maximum absolute atomic E-state index is 11.9. The zero-order chi connectivity index (χ0) is 16.7. The molecule has 1 atom stereocenters. The average Bonchev–Trinajstić information content (AvgIpc) is 2.59. The van der Waals surface area contributed by atoms with Gasteiger partial charge in [0.15, 0.2) is 0 Å². The third kappa shape index (κ3) is 5.32. The summed E-state index contributed by atoms with van der Waals surface area (Å²) >= 11 is 0. The van der Waals surface area contributed by atoms with Gasteiger partial charge in [-0.3, -0.25) is 14.6 Å². The molecule has 1 aromatic heterocycles. The van der Waals surface area contributed by atoms with Crippen LogP contribution in [0.25, 0.3) is 0 Å². The van der Waals surface area contributed by atoms with Crippen molar-refractivity contribution in [3.8, 4) is 0 Å². The zero-order valence-electron chi connectivity index (χ0n) is 13.5. The van der Waals surface area contributed by atoms with Gasteiger partial charge in [-0.15, -0.1) is 0 Å². The highest BCUT2D eigenvalue weighted by Gasteiger charge is 2.32. The minimum Gasteiger partial charge on any atom is -0.388 e. The summed E-state index contributed by atoms with van der Waals surface area (Å²) in [6.07, 6.45) is 8.52. The summed E-state index contributed by atoms with van der Waals surface area (Å²) in [6, 6.07) is 3.30. The summed E-state index contributed by atoms with van der Waals surface area (Å²) in [7, 11) is 0. The molecule has 1 saturated carbocycles. The molecule has 0 spiro atoms. The maximum Gasteiger partial charge on any atom is 0.253 e. The standard InChI is InChI=1S/C17H25N3O3/c1-17(23,14-7-3-2-4-8-14)12-20-15(21)11-19-16(22)13-6-5-9-18-10-13/h5-6,9-10,14,23H,2-4,7-8,11-12H2,1H3,(H,19,22)(H,20,21)/t17-/m0/s1. The Balaban J connectivity index is 1.73. The van der Waals surface area contributed by atoms with E-state index in [-0.39, 0.29) is 30.8 Å². The Morgan fingerprint density at radius 2 is 2.04 bits per heavy atom. The molecule has 1 aliphatic carbocycles. The van der Waals surface area contributed by atoms with Gasteiger partial charge >= 0.3 is 0 Å². The van der Waals surface area contributed by atoms with Crippen LogP contribution in [0.1, 0.15) is 49.4 Å². The largest absolute Gasteiger partial charge is 0.388 e. The van der Waals surface area contributed by atoms with Crippen LogP contribution in [0.3, 0.4) is 0 Å². The van der Waals surface area contributed by atoms with E-state index in [1.807, 2.05) is 0 Å². The van der Waals surface area contributed by atoms with Crippen LogP contribution in [0, 0.1) is 5.92 Å². The van der Waals surface area contributed by atoms with Gasteiger partial charge < -0.3 is 15.7 Å². The highest BCUT2D eigenvalue weighted by Crippen LogP contribution is 2.32. The number of pyridine rings is 1. The van der Waals surface area contributed by atoms with Crippen LogP contribution in [0.2, 0.25) is 0 Å². The van der Waals surface area contributed by atoms with Crippen LogP contribution in [0.4, 0.5) is 0 Å². The summed E-state index contributed by atoms with van der Waals surface area (Å²) in [5, 5.41) is 15.8. The average molecular weight is 319 g/mol. The molecule has 1 aromatic rings. The molecular weight excluding hydrogens is 294 g/mol. The zero-order valence-corrected chi connectivity index (χ0v) is 13.5. The Bertz CT molecular complexity index is 525. The number of nitrogens with one attached hydrogen (secondary N) is 2. The molecule has 1 fully saturated rings. The predicted molar refractivity (Wildman–Crippen MR) is 86.8 cm³/mol. The summed E-state index contributed by atoms with van der Waals surface area (Å²) in [5.74, 6) is -0.424. The lowest BCUT2D eigenvalue weighted by molar-refractivity contribution is -0.122. The number of hydrogen-bond donors (Lipinski definition) is 3.